The molecule has 3 aromatic rings. The van der Waals surface area contributed by atoms with Crippen LogP contribution in [-0.4, -0.2) is 40.7 Å². The minimum atomic E-state index is -3.67. The van der Waals surface area contributed by atoms with Crippen molar-refractivity contribution in [3.05, 3.63) is 52.8 Å². The number of hydrogen-bond donors (Lipinski definition) is 1. The molecule has 0 atom stereocenters. The molecule has 1 aromatic carbocycles. The van der Waals surface area contributed by atoms with E-state index in [1.165, 1.54) is 23.1 Å². The zero-order chi connectivity index (χ0) is 19.4. The molecule has 0 aliphatic carbocycles. The fourth-order valence-electron chi connectivity index (χ4n) is 1.88. The summed E-state index contributed by atoms with van der Waals surface area (Å²) in [6.07, 6.45) is 2.01. The predicted molar refractivity (Wildman–Crippen MR) is 104 cm³/mol. The Morgan fingerprint density at radius 2 is 2.00 bits per heavy atom. The second-order valence-electron chi connectivity index (χ2n) is 5.22. The molecule has 0 aliphatic rings. The summed E-state index contributed by atoms with van der Waals surface area (Å²) in [7, 11) is -3.67. The lowest BCUT2D eigenvalue weighted by Gasteiger charge is -2.04. The van der Waals surface area contributed by atoms with Crippen molar-refractivity contribution >= 4 is 55.6 Å². The number of anilines is 1. The lowest BCUT2D eigenvalue weighted by molar-refractivity contribution is 0.102. The molecule has 1 N–H and O–H groups in total. The van der Waals surface area contributed by atoms with Gasteiger partial charge in [0, 0.05) is 12.0 Å². The van der Waals surface area contributed by atoms with Crippen LogP contribution in [0.25, 0.3) is 0 Å². The van der Waals surface area contributed by atoms with Crippen LogP contribution < -0.4 is 5.32 Å². The van der Waals surface area contributed by atoms with Crippen LogP contribution in [-0.2, 0) is 15.6 Å². The molecule has 2 heterocycles. The van der Waals surface area contributed by atoms with Crippen LogP contribution in [0.3, 0.4) is 0 Å². The van der Waals surface area contributed by atoms with Crippen LogP contribution >= 0.6 is 34.7 Å². The number of benzene rings is 1. The number of halogens is 1. The molecule has 0 radical (unpaired) electrons. The number of aromatic nitrogens is 4. The summed E-state index contributed by atoms with van der Waals surface area (Å²) < 4.78 is 23.8. The summed E-state index contributed by atoms with van der Waals surface area (Å²) in [5.74, 6) is 0.0295. The number of sulfone groups is 1. The number of amides is 1. The molecule has 0 bridgehead atoms. The average Bonchev–Trinajstić information content (AvgIpc) is 3.07. The Kier molecular flexibility index (Phi) is 6.05. The van der Waals surface area contributed by atoms with E-state index in [-0.39, 0.29) is 15.8 Å². The lowest BCUT2D eigenvalue weighted by atomic mass is 10.2. The minimum Gasteiger partial charge on any atom is -0.295 e. The van der Waals surface area contributed by atoms with E-state index in [1.807, 2.05) is 30.3 Å². The third-order valence-corrected chi connectivity index (χ3v) is 6.28. The summed E-state index contributed by atoms with van der Waals surface area (Å²) in [6, 6.07) is 9.87. The van der Waals surface area contributed by atoms with Crippen molar-refractivity contribution < 1.29 is 13.2 Å². The average molecular weight is 442 g/mol. The zero-order valence-electron chi connectivity index (χ0n) is 13.8. The number of nitrogens with one attached hydrogen (secondary N) is 1. The molecular weight excluding hydrogens is 430 g/mol. The smallest absolute Gasteiger partial charge is 0.277 e. The molecule has 0 fully saturated rings. The van der Waals surface area contributed by atoms with Gasteiger partial charge >= 0.3 is 0 Å². The highest BCUT2D eigenvalue weighted by Crippen LogP contribution is 2.28. The molecule has 140 valence electrons. The van der Waals surface area contributed by atoms with E-state index in [1.54, 1.807) is 0 Å². The molecule has 0 unspecified atom stereocenters. The third kappa shape index (κ3) is 5.22. The fraction of sp³-hybridized carbons (Fsp3) is 0.133. The highest BCUT2D eigenvalue weighted by molar-refractivity contribution is 8.00. The minimum absolute atomic E-state index is 0.0666. The number of thioether (sulfide) groups is 1. The Balaban J connectivity index is 1.69. The quantitative estimate of drug-likeness (QED) is 0.352. The van der Waals surface area contributed by atoms with E-state index in [4.69, 9.17) is 11.6 Å². The second-order valence-corrected chi connectivity index (χ2v) is 9.74. The second kappa shape index (κ2) is 8.30. The van der Waals surface area contributed by atoms with Gasteiger partial charge < -0.3 is 0 Å². The van der Waals surface area contributed by atoms with E-state index < -0.39 is 20.9 Å². The Labute approximate surface area is 168 Å². The summed E-state index contributed by atoms with van der Waals surface area (Å²) >= 11 is 8.60. The standard InChI is InChI=1S/C15H12ClN5O3S3/c1-27(23,24)14-17-7-10(16)11(18-14)12(22)19-13-20-21-15(26-13)25-8-9-5-3-2-4-6-9/h2-7H,8H2,1H3,(H,19,20,22). The van der Waals surface area contributed by atoms with Crippen molar-refractivity contribution in [3.63, 3.8) is 0 Å². The molecule has 3 rings (SSSR count). The summed E-state index contributed by atoms with van der Waals surface area (Å²) in [6.45, 7) is 0. The van der Waals surface area contributed by atoms with Crippen molar-refractivity contribution in [1.82, 2.24) is 20.2 Å². The lowest BCUT2D eigenvalue weighted by Crippen LogP contribution is -2.17. The Bertz CT molecular complexity index is 1070. The van der Waals surface area contributed by atoms with Gasteiger partial charge in [-0.3, -0.25) is 10.1 Å². The highest BCUT2D eigenvalue weighted by atomic mass is 35.5. The maximum Gasteiger partial charge on any atom is 0.277 e. The van der Waals surface area contributed by atoms with Gasteiger partial charge in [-0.1, -0.05) is 65.0 Å². The normalized spacial score (nSPS) is 11.3. The number of carbonyl (C=O) groups is 1. The molecule has 0 spiro atoms. The highest BCUT2D eigenvalue weighted by Gasteiger charge is 2.20. The van der Waals surface area contributed by atoms with E-state index in [9.17, 15) is 13.2 Å². The Morgan fingerprint density at radius 1 is 1.26 bits per heavy atom. The third-order valence-electron chi connectivity index (χ3n) is 3.10. The van der Waals surface area contributed by atoms with Crippen LogP contribution in [0.5, 0.6) is 0 Å². The van der Waals surface area contributed by atoms with E-state index in [0.717, 1.165) is 23.8 Å². The van der Waals surface area contributed by atoms with Crippen LogP contribution in [0, 0.1) is 0 Å². The number of rotatable bonds is 6. The topological polar surface area (TPSA) is 115 Å². The van der Waals surface area contributed by atoms with Crippen molar-refractivity contribution in [2.24, 2.45) is 0 Å². The maximum absolute atomic E-state index is 12.4. The molecule has 27 heavy (non-hydrogen) atoms. The first-order chi connectivity index (χ1) is 12.8. The van der Waals surface area contributed by atoms with Crippen LogP contribution in [0.2, 0.25) is 5.02 Å². The van der Waals surface area contributed by atoms with Gasteiger partial charge in [-0.2, -0.15) is 0 Å². The molecule has 0 aliphatic heterocycles. The van der Waals surface area contributed by atoms with Crippen molar-refractivity contribution in [2.75, 3.05) is 11.6 Å². The molecule has 1 amide bonds. The number of nitrogens with zero attached hydrogens (tertiary/aromatic N) is 4. The van der Waals surface area contributed by atoms with Crippen LogP contribution in [0.1, 0.15) is 16.1 Å². The van der Waals surface area contributed by atoms with E-state index in [2.05, 4.69) is 25.5 Å². The zero-order valence-corrected chi connectivity index (χ0v) is 17.0. The molecule has 2 aromatic heterocycles. The van der Waals surface area contributed by atoms with Gasteiger partial charge in [-0.15, -0.1) is 10.2 Å². The first kappa shape index (κ1) is 19.7. The van der Waals surface area contributed by atoms with Crippen molar-refractivity contribution in [2.45, 2.75) is 15.2 Å². The fourth-order valence-corrected chi connectivity index (χ4v) is 4.26. The molecular formula is C15H12ClN5O3S3. The van der Waals surface area contributed by atoms with Crippen LogP contribution in [0.15, 0.2) is 46.0 Å². The van der Waals surface area contributed by atoms with Gasteiger partial charge in [0.1, 0.15) is 0 Å². The van der Waals surface area contributed by atoms with Crippen LogP contribution in [0.4, 0.5) is 5.13 Å². The van der Waals surface area contributed by atoms with Gasteiger partial charge in [0.15, 0.2) is 10.0 Å². The van der Waals surface area contributed by atoms with Gasteiger partial charge in [-0.05, 0) is 5.56 Å². The van der Waals surface area contributed by atoms with Gasteiger partial charge in [0.05, 0.1) is 11.2 Å². The molecule has 0 saturated heterocycles. The predicted octanol–water partition coefficient (Wildman–Crippen LogP) is 2.93. The summed E-state index contributed by atoms with van der Waals surface area (Å²) in [5, 5.41) is 10.1. The van der Waals surface area contributed by atoms with Gasteiger partial charge in [0.2, 0.25) is 20.1 Å². The van der Waals surface area contributed by atoms with E-state index >= 15 is 0 Å². The summed E-state index contributed by atoms with van der Waals surface area (Å²) in [5.41, 5.74) is 0.894. The Morgan fingerprint density at radius 3 is 2.70 bits per heavy atom. The molecule has 8 nitrogen and oxygen atoms in total. The van der Waals surface area contributed by atoms with Gasteiger partial charge in [0.25, 0.3) is 5.91 Å². The van der Waals surface area contributed by atoms with Crippen molar-refractivity contribution in [3.8, 4) is 0 Å². The van der Waals surface area contributed by atoms with Gasteiger partial charge in [-0.25, -0.2) is 18.4 Å². The number of carbonyl (C=O) groups excluding carboxylic acids is 1. The molecule has 0 saturated carbocycles. The Hall–Kier alpha value is -2.08. The first-order valence-corrected chi connectivity index (χ1v) is 11.4. The first-order valence-electron chi connectivity index (χ1n) is 7.37. The van der Waals surface area contributed by atoms with Crippen molar-refractivity contribution in [1.29, 1.82) is 0 Å². The van der Waals surface area contributed by atoms with E-state index in [0.29, 0.717) is 4.34 Å². The number of hydrogen-bond acceptors (Lipinski definition) is 9. The maximum atomic E-state index is 12.4. The SMILES string of the molecule is CS(=O)(=O)c1ncc(Cl)c(C(=O)Nc2nnc(SCc3ccccc3)s2)n1. The largest absolute Gasteiger partial charge is 0.295 e. The monoisotopic (exact) mass is 441 g/mol. The summed E-state index contributed by atoms with van der Waals surface area (Å²) in [4.78, 5) is 19.7. The molecule has 12 heteroatoms.